The van der Waals surface area contributed by atoms with Gasteiger partial charge in [0, 0.05) is 11.5 Å². The monoisotopic (exact) mass is 514 g/mol. The van der Waals surface area contributed by atoms with Gasteiger partial charge in [-0.25, -0.2) is 4.98 Å². The van der Waals surface area contributed by atoms with Gasteiger partial charge in [0.15, 0.2) is 0 Å². The van der Waals surface area contributed by atoms with E-state index in [-0.39, 0.29) is 43.1 Å². The molecule has 10 heteroatoms. The highest BCUT2D eigenvalue weighted by molar-refractivity contribution is 6.44. The molecular weight excluding hydrogens is 488 g/mol. The van der Waals surface area contributed by atoms with Crippen molar-refractivity contribution >= 4 is 33.9 Å². The van der Waals surface area contributed by atoms with Crippen molar-refractivity contribution < 1.29 is 24.5 Å². The van der Waals surface area contributed by atoms with Gasteiger partial charge in [-0.2, -0.15) is 5.26 Å². The number of nitriles is 1. The molecule has 3 aromatic rings. The van der Waals surface area contributed by atoms with E-state index in [0.29, 0.717) is 22.4 Å². The van der Waals surface area contributed by atoms with Crippen LogP contribution in [0.3, 0.4) is 0 Å². The summed E-state index contributed by atoms with van der Waals surface area (Å²) in [6.45, 7) is 1.82. The predicted octanol–water partition coefficient (Wildman–Crippen LogP) is -0.0151. The normalized spacial score (nSPS) is 23.6. The Morgan fingerprint density at radius 1 is 1.24 bits per heavy atom. The number of aliphatic hydroxyl groups excluding tert-OH is 2. The summed E-state index contributed by atoms with van der Waals surface area (Å²) in [5.74, 6) is -0.259. The fourth-order valence-corrected chi connectivity index (χ4v) is 5.19. The SMILES string of the molecule is CC1C(C2=c3nc[nH]c(=O)c3=C(C#N)C2=NCc2ccc3ccc(OCCO)cc3c2)OC(CO)C1C=O. The Morgan fingerprint density at radius 2 is 2.05 bits per heavy atom. The molecule has 5 rings (SSSR count). The van der Waals surface area contributed by atoms with E-state index in [0.717, 1.165) is 22.6 Å². The van der Waals surface area contributed by atoms with E-state index in [1.165, 1.54) is 6.33 Å². The number of carbonyl (C=O) groups excluding carboxylic acids is 1. The molecule has 4 unspecified atom stereocenters. The highest BCUT2D eigenvalue weighted by atomic mass is 16.5. The number of H-pyrrole nitrogens is 1. The lowest BCUT2D eigenvalue weighted by Crippen LogP contribution is -2.43. The number of carbonyl (C=O) groups is 1. The predicted molar refractivity (Wildman–Crippen MR) is 139 cm³/mol. The standard InChI is InChI=1S/C28H26N4O6/c1-15-21(12-34)22(13-35)38-27(15)24-25(20(10-29)23-26(24)31-14-32-28(23)36)30-11-16-2-3-17-4-5-19(37-7-6-33)9-18(17)8-16/h2-5,8-9,12,14-15,21-22,27,33,35H,6-7,11,13H2,1H3,(H,31,32,36). The van der Waals surface area contributed by atoms with Crippen LogP contribution in [0.2, 0.25) is 0 Å². The molecule has 1 aliphatic heterocycles. The molecular formula is C28H26N4O6. The second-order valence-corrected chi connectivity index (χ2v) is 9.29. The summed E-state index contributed by atoms with van der Waals surface area (Å²) in [6, 6.07) is 13.6. The number of aldehydes is 1. The van der Waals surface area contributed by atoms with Crippen LogP contribution in [-0.2, 0) is 16.1 Å². The van der Waals surface area contributed by atoms with Crippen molar-refractivity contribution in [3.05, 3.63) is 69.2 Å². The maximum atomic E-state index is 12.7. The summed E-state index contributed by atoms with van der Waals surface area (Å²) in [5.41, 5.74) is 1.26. The fraction of sp³-hybridized carbons (Fsp3) is 0.321. The van der Waals surface area contributed by atoms with Crippen LogP contribution in [-0.4, -0.2) is 64.2 Å². The minimum absolute atomic E-state index is 0.0812. The van der Waals surface area contributed by atoms with Crippen LogP contribution in [0.1, 0.15) is 12.5 Å². The van der Waals surface area contributed by atoms with Gasteiger partial charge < -0.3 is 29.5 Å². The maximum Gasteiger partial charge on any atom is 0.260 e. The number of nitrogens with zero attached hydrogens (tertiary/aromatic N) is 3. The molecule has 0 amide bonds. The Labute approximate surface area is 217 Å². The molecule has 0 spiro atoms. The summed E-state index contributed by atoms with van der Waals surface area (Å²) in [5, 5.41) is 31.2. The number of aliphatic imine (C=N–C) groups is 1. The molecule has 2 heterocycles. The van der Waals surface area contributed by atoms with E-state index >= 15 is 0 Å². The van der Waals surface area contributed by atoms with E-state index in [1.807, 2.05) is 43.3 Å². The first-order valence-electron chi connectivity index (χ1n) is 12.3. The molecule has 10 nitrogen and oxygen atoms in total. The van der Waals surface area contributed by atoms with E-state index < -0.39 is 23.7 Å². The number of fused-ring (bicyclic) bond motifs is 2. The highest BCUT2D eigenvalue weighted by Gasteiger charge is 2.46. The fourth-order valence-electron chi connectivity index (χ4n) is 5.19. The van der Waals surface area contributed by atoms with Crippen LogP contribution in [0.5, 0.6) is 5.75 Å². The van der Waals surface area contributed by atoms with Crippen LogP contribution < -0.4 is 20.9 Å². The number of rotatable bonds is 8. The van der Waals surface area contributed by atoms with E-state index in [1.54, 1.807) is 0 Å². The highest BCUT2D eigenvalue weighted by Crippen LogP contribution is 2.37. The largest absolute Gasteiger partial charge is 0.491 e. The van der Waals surface area contributed by atoms with Gasteiger partial charge in [0.2, 0.25) is 0 Å². The van der Waals surface area contributed by atoms with Crippen LogP contribution in [0, 0.1) is 23.2 Å². The van der Waals surface area contributed by atoms with Crippen molar-refractivity contribution in [1.82, 2.24) is 9.97 Å². The maximum absolute atomic E-state index is 12.7. The van der Waals surface area contributed by atoms with Crippen molar-refractivity contribution in [2.24, 2.45) is 16.8 Å². The van der Waals surface area contributed by atoms with Crippen LogP contribution >= 0.6 is 0 Å². The van der Waals surface area contributed by atoms with Crippen LogP contribution in [0.15, 0.2) is 52.5 Å². The van der Waals surface area contributed by atoms with Gasteiger partial charge in [-0.05, 0) is 40.5 Å². The summed E-state index contributed by atoms with van der Waals surface area (Å²) >= 11 is 0. The van der Waals surface area contributed by atoms with Crippen LogP contribution in [0.25, 0.3) is 21.9 Å². The molecule has 0 saturated carbocycles. The number of aliphatic hydroxyl groups is 2. The van der Waals surface area contributed by atoms with Gasteiger partial charge in [-0.1, -0.05) is 25.1 Å². The Morgan fingerprint density at radius 3 is 2.76 bits per heavy atom. The number of ether oxygens (including phenoxy) is 2. The van der Waals surface area contributed by atoms with Gasteiger partial charge in [0.1, 0.15) is 24.7 Å². The lowest BCUT2D eigenvalue weighted by molar-refractivity contribution is -0.114. The smallest absolute Gasteiger partial charge is 0.260 e. The molecule has 0 radical (unpaired) electrons. The van der Waals surface area contributed by atoms with Crippen molar-refractivity contribution in [1.29, 1.82) is 5.26 Å². The van der Waals surface area contributed by atoms with E-state index in [4.69, 9.17) is 19.6 Å². The van der Waals surface area contributed by atoms with Crippen molar-refractivity contribution in [2.45, 2.75) is 25.7 Å². The third-order valence-electron chi connectivity index (χ3n) is 7.07. The zero-order valence-corrected chi connectivity index (χ0v) is 20.6. The quantitative estimate of drug-likeness (QED) is 0.354. The van der Waals surface area contributed by atoms with Gasteiger partial charge in [0.05, 0.1) is 60.1 Å². The zero-order chi connectivity index (χ0) is 26.8. The number of aromatic amines is 1. The summed E-state index contributed by atoms with van der Waals surface area (Å²) in [7, 11) is 0. The minimum Gasteiger partial charge on any atom is -0.491 e. The first-order chi connectivity index (χ1) is 18.5. The van der Waals surface area contributed by atoms with Crippen LogP contribution in [0.4, 0.5) is 0 Å². The Hall–Kier alpha value is -4.17. The number of aromatic nitrogens is 2. The lowest BCUT2D eigenvalue weighted by Gasteiger charge is -2.18. The zero-order valence-electron chi connectivity index (χ0n) is 20.6. The molecule has 1 saturated heterocycles. The summed E-state index contributed by atoms with van der Waals surface area (Å²) < 4.78 is 11.6. The Balaban J connectivity index is 1.59. The molecule has 194 valence electrons. The molecule has 0 bridgehead atoms. The Bertz CT molecular complexity index is 1650. The third-order valence-corrected chi connectivity index (χ3v) is 7.07. The molecule has 1 aromatic heterocycles. The van der Waals surface area contributed by atoms with Gasteiger partial charge in [0.25, 0.3) is 5.56 Å². The summed E-state index contributed by atoms with van der Waals surface area (Å²) in [6.07, 6.45) is 0.634. The molecule has 38 heavy (non-hydrogen) atoms. The van der Waals surface area contributed by atoms with E-state index in [2.05, 4.69) is 16.0 Å². The second-order valence-electron chi connectivity index (χ2n) is 9.29. The second kappa shape index (κ2) is 10.7. The molecule has 4 atom stereocenters. The number of benzene rings is 2. The number of hydrogen-bond donors (Lipinski definition) is 3. The van der Waals surface area contributed by atoms with Gasteiger partial charge in [-0.3, -0.25) is 9.79 Å². The average Bonchev–Trinajstić information content (AvgIpc) is 3.43. The average molecular weight is 515 g/mol. The molecule has 1 fully saturated rings. The van der Waals surface area contributed by atoms with Crippen molar-refractivity contribution in [3.8, 4) is 11.8 Å². The first kappa shape index (κ1) is 25.5. The van der Waals surface area contributed by atoms with Crippen molar-refractivity contribution in [2.75, 3.05) is 19.8 Å². The first-order valence-corrected chi connectivity index (χ1v) is 12.3. The lowest BCUT2D eigenvalue weighted by atomic mass is 9.85. The molecule has 1 aliphatic carbocycles. The summed E-state index contributed by atoms with van der Waals surface area (Å²) in [4.78, 5) is 36.2. The molecule has 2 aromatic carbocycles. The van der Waals surface area contributed by atoms with Gasteiger partial charge >= 0.3 is 0 Å². The molecule has 2 aliphatic rings. The van der Waals surface area contributed by atoms with Gasteiger partial charge in [-0.15, -0.1) is 0 Å². The minimum atomic E-state index is -0.708. The number of nitrogens with one attached hydrogen (secondary N) is 1. The molecule has 3 N–H and O–H groups in total. The number of hydrogen-bond acceptors (Lipinski definition) is 9. The third kappa shape index (κ3) is 4.41. The topological polar surface area (TPSA) is 158 Å². The van der Waals surface area contributed by atoms with Crippen molar-refractivity contribution in [3.63, 3.8) is 0 Å². The van der Waals surface area contributed by atoms with E-state index in [9.17, 15) is 20.0 Å². The Kier molecular flexibility index (Phi) is 7.15.